The number of fused-ring (bicyclic) bond motifs is 2. The van der Waals surface area contributed by atoms with E-state index in [1.165, 1.54) is 5.56 Å². The smallest absolute Gasteiger partial charge is 0.255 e. The number of anilines is 1. The first kappa shape index (κ1) is 20.0. The van der Waals surface area contributed by atoms with Crippen molar-refractivity contribution < 1.29 is 14.3 Å². The lowest BCUT2D eigenvalue weighted by Gasteiger charge is -2.26. The number of hydrogen-bond acceptors (Lipinski definition) is 6. The molecule has 1 amide bonds. The summed E-state index contributed by atoms with van der Waals surface area (Å²) in [5.74, 6) is 1.26. The maximum absolute atomic E-state index is 12.9. The van der Waals surface area contributed by atoms with E-state index in [0.29, 0.717) is 29.4 Å². The van der Waals surface area contributed by atoms with Crippen LogP contribution in [0.2, 0.25) is 0 Å². The lowest BCUT2D eigenvalue weighted by Crippen LogP contribution is -2.35. The normalized spacial score (nSPS) is 16.0. The Morgan fingerprint density at radius 3 is 2.94 bits per heavy atom. The van der Waals surface area contributed by atoms with Gasteiger partial charge >= 0.3 is 0 Å². The molecular formula is C24H24N6O3. The quantitative estimate of drug-likeness (QED) is 0.437. The second-order valence-electron chi connectivity index (χ2n) is 8.35. The number of morpholine rings is 1. The first-order valence-corrected chi connectivity index (χ1v) is 11.1. The third-order valence-electron chi connectivity index (χ3n) is 6.12. The maximum atomic E-state index is 12.9. The number of benzene rings is 2. The second kappa shape index (κ2) is 8.34. The zero-order chi connectivity index (χ0) is 22.2. The van der Waals surface area contributed by atoms with Crippen molar-refractivity contribution in [3.05, 3.63) is 59.3 Å². The fourth-order valence-electron chi connectivity index (χ4n) is 4.37. The van der Waals surface area contributed by atoms with Gasteiger partial charge in [0.15, 0.2) is 11.5 Å². The van der Waals surface area contributed by atoms with Gasteiger partial charge in [0, 0.05) is 37.8 Å². The van der Waals surface area contributed by atoms with Gasteiger partial charge in [-0.15, -0.1) is 0 Å². The molecule has 2 aromatic heterocycles. The molecule has 0 spiro atoms. The Bertz CT molecular complexity index is 1320. The molecule has 0 aliphatic carbocycles. The average Bonchev–Trinajstić information content (AvgIpc) is 3.58. The third kappa shape index (κ3) is 3.96. The van der Waals surface area contributed by atoms with Crippen molar-refractivity contribution in [3.8, 4) is 17.3 Å². The number of nitrogens with one attached hydrogen (secondary N) is 3. The number of carbonyl (C=O) groups is 1. The first-order valence-electron chi connectivity index (χ1n) is 11.1. The number of aromatic nitrogens is 4. The predicted octanol–water partition coefficient (Wildman–Crippen LogP) is 2.97. The van der Waals surface area contributed by atoms with Gasteiger partial charge in [-0.1, -0.05) is 6.07 Å². The molecule has 0 unspecified atom stereocenters. The van der Waals surface area contributed by atoms with Crippen molar-refractivity contribution in [2.24, 2.45) is 0 Å². The Kier molecular flexibility index (Phi) is 5.04. The molecule has 9 nitrogen and oxygen atoms in total. The molecule has 1 saturated heterocycles. The minimum Gasteiger partial charge on any atom is -0.493 e. The van der Waals surface area contributed by atoms with E-state index in [2.05, 4.69) is 37.5 Å². The number of rotatable bonds is 5. The molecule has 2 aliphatic heterocycles. The predicted molar refractivity (Wildman–Crippen MR) is 123 cm³/mol. The van der Waals surface area contributed by atoms with Crippen LogP contribution in [0.3, 0.4) is 0 Å². The summed E-state index contributed by atoms with van der Waals surface area (Å²) in [6.07, 6.45) is 2.49. The van der Waals surface area contributed by atoms with Crippen LogP contribution in [0, 0.1) is 0 Å². The van der Waals surface area contributed by atoms with E-state index in [9.17, 15) is 4.79 Å². The average molecular weight is 444 g/mol. The monoisotopic (exact) mass is 444 g/mol. The highest BCUT2D eigenvalue weighted by molar-refractivity contribution is 6.06. The Morgan fingerprint density at radius 2 is 2.03 bits per heavy atom. The third-order valence-corrected chi connectivity index (χ3v) is 6.12. The number of ether oxygens (including phenoxy) is 2. The van der Waals surface area contributed by atoms with E-state index in [1.807, 2.05) is 18.2 Å². The molecule has 0 bridgehead atoms. The summed E-state index contributed by atoms with van der Waals surface area (Å²) < 4.78 is 11.0. The van der Waals surface area contributed by atoms with Gasteiger partial charge in [-0.3, -0.25) is 14.8 Å². The summed E-state index contributed by atoms with van der Waals surface area (Å²) in [6, 6.07) is 11.8. The fourth-order valence-corrected chi connectivity index (χ4v) is 4.37. The first-order chi connectivity index (χ1) is 16.2. The van der Waals surface area contributed by atoms with Gasteiger partial charge in [-0.2, -0.15) is 5.10 Å². The van der Waals surface area contributed by atoms with Crippen LogP contribution in [-0.2, 0) is 17.7 Å². The van der Waals surface area contributed by atoms with Gasteiger partial charge in [-0.05, 0) is 41.5 Å². The summed E-state index contributed by atoms with van der Waals surface area (Å²) in [5, 5.41) is 10.1. The topological polar surface area (TPSA) is 108 Å². The molecule has 2 aliphatic rings. The zero-order valence-corrected chi connectivity index (χ0v) is 18.1. The van der Waals surface area contributed by atoms with Gasteiger partial charge in [-0.25, -0.2) is 4.98 Å². The van der Waals surface area contributed by atoms with Crippen LogP contribution >= 0.6 is 0 Å². The highest BCUT2D eigenvalue weighted by Gasteiger charge is 2.19. The lowest BCUT2D eigenvalue weighted by atomic mass is 10.1. The highest BCUT2D eigenvalue weighted by atomic mass is 16.5. The number of aromatic amines is 2. The molecular weight excluding hydrogens is 420 g/mol. The highest BCUT2D eigenvalue weighted by Crippen LogP contribution is 2.28. The van der Waals surface area contributed by atoms with Crippen molar-refractivity contribution in [2.45, 2.75) is 13.0 Å². The molecule has 0 saturated carbocycles. The van der Waals surface area contributed by atoms with Gasteiger partial charge in [0.2, 0.25) is 0 Å². The van der Waals surface area contributed by atoms with E-state index in [0.717, 1.165) is 61.6 Å². The van der Waals surface area contributed by atoms with Gasteiger partial charge in [0.25, 0.3) is 5.91 Å². The van der Waals surface area contributed by atoms with E-state index < -0.39 is 0 Å². The number of amides is 1. The van der Waals surface area contributed by atoms with Crippen molar-refractivity contribution in [3.63, 3.8) is 0 Å². The minimum atomic E-state index is -0.198. The van der Waals surface area contributed by atoms with E-state index in [4.69, 9.17) is 14.5 Å². The zero-order valence-electron chi connectivity index (χ0n) is 18.1. The number of H-pyrrole nitrogens is 2. The van der Waals surface area contributed by atoms with Crippen molar-refractivity contribution in [1.29, 1.82) is 0 Å². The number of hydrogen-bond donors (Lipinski definition) is 3. The van der Waals surface area contributed by atoms with Gasteiger partial charge < -0.3 is 19.8 Å². The van der Waals surface area contributed by atoms with Gasteiger partial charge in [0.1, 0.15) is 5.75 Å². The second-order valence-corrected chi connectivity index (χ2v) is 8.35. The minimum absolute atomic E-state index is 0.198. The Morgan fingerprint density at radius 1 is 1.12 bits per heavy atom. The van der Waals surface area contributed by atoms with E-state index in [-0.39, 0.29) is 5.91 Å². The molecule has 0 atom stereocenters. The molecule has 2 aromatic carbocycles. The van der Waals surface area contributed by atoms with Crippen LogP contribution in [0.4, 0.5) is 5.69 Å². The van der Waals surface area contributed by atoms with E-state index >= 15 is 0 Å². The van der Waals surface area contributed by atoms with Crippen molar-refractivity contribution >= 4 is 22.6 Å². The summed E-state index contributed by atoms with van der Waals surface area (Å²) >= 11 is 0. The van der Waals surface area contributed by atoms with Crippen LogP contribution in [0.25, 0.3) is 22.6 Å². The Balaban J connectivity index is 1.22. The summed E-state index contributed by atoms with van der Waals surface area (Å²) in [4.78, 5) is 23.3. The van der Waals surface area contributed by atoms with Crippen molar-refractivity contribution in [2.75, 3.05) is 38.2 Å². The molecule has 4 aromatic rings. The molecule has 4 heterocycles. The Labute approximate surface area is 190 Å². The lowest BCUT2D eigenvalue weighted by molar-refractivity contribution is 0.0342. The summed E-state index contributed by atoms with van der Waals surface area (Å²) in [7, 11) is 0. The molecule has 33 heavy (non-hydrogen) atoms. The molecule has 168 valence electrons. The summed E-state index contributed by atoms with van der Waals surface area (Å²) in [6.45, 7) is 4.97. The molecule has 1 fully saturated rings. The molecule has 0 radical (unpaired) electrons. The van der Waals surface area contributed by atoms with Crippen LogP contribution in [0.5, 0.6) is 5.75 Å². The van der Waals surface area contributed by atoms with E-state index in [1.54, 1.807) is 12.3 Å². The van der Waals surface area contributed by atoms with Crippen LogP contribution < -0.4 is 10.1 Å². The van der Waals surface area contributed by atoms with Crippen LogP contribution in [0.1, 0.15) is 21.5 Å². The number of carbonyl (C=O) groups excluding carboxylic acids is 1. The molecule has 9 heteroatoms. The maximum Gasteiger partial charge on any atom is 0.255 e. The number of nitrogens with zero attached hydrogens (tertiary/aromatic N) is 3. The summed E-state index contributed by atoms with van der Waals surface area (Å²) in [5.41, 5.74) is 5.79. The molecule has 3 N–H and O–H groups in total. The Hall–Kier alpha value is -3.69. The SMILES string of the molecule is O=C(Nc1c[nH]nc1-c1nc2cc(CN3CCOCC3)ccc2[nH]1)c1ccc2c(c1)CCO2. The van der Waals surface area contributed by atoms with Crippen LogP contribution in [-0.4, -0.2) is 63.9 Å². The largest absolute Gasteiger partial charge is 0.493 e. The van der Waals surface area contributed by atoms with Crippen molar-refractivity contribution in [1.82, 2.24) is 25.1 Å². The standard InChI is InChI=1S/C24H24N6O3/c31-24(17-2-4-21-16(12-17)5-8-33-21)28-20-13-25-29-22(20)23-26-18-3-1-15(11-19(18)27-23)14-30-6-9-32-10-7-30/h1-4,11-13H,5-10,14H2,(H,25,29)(H,26,27)(H,28,31). The van der Waals surface area contributed by atoms with Gasteiger partial charge in [0.05, 0.1) is 36.5 Å². The fraction of sp³-hybridized carbons (Fsp3) is 0.292. The molecule has 6 rings (SSSR count). The number of imidazole rings is 1. The van der Waals surface area contributed by atoms with Crippen LogP contribution in [0.15, 0.2) is 42.6 Å².